The van der Waals surface area contributed by atoms with E-state index in [1.807, 2.05) is 72.8 Å². The molecule has 0 amide bonds. The van der Waals surface area contributed by atoms with Crippen LogP contribution >= 0.6 is 0 Å². The molecule has 294 valence electrons. The van der Waals surface area contributed by atoms with Crippen LogP contribution < -0.4 is 20.7 Å². The van der Waals surface area contributed by atoms with Crippen molar-refractivity contribution in [3.05, 3.63) is 134 Å². The molecule has 4 aromatic carbocycles. The Bertz CT molecular complexity index is 1740. The molecule has 2 aliphatic rings. The molecule has 0 aliphatic carbocycles. The molecule has 6 rings (SSSR count). The van der Waals surface area contributed by atoms with E-state index in [0.717, 1.165) is 20.7 Å². The van der Waals surface area contributed by atoms with Crippen molar-refractivity contribution in [1.29, 1.82) is 0 Å². The van der Waals surface area contributed by atoms with Crippen LogP contribution in [0.15, 0.2) is 134 Å². The molecule has 8 atom stereocenters. The minimum Gasteiger partial charge on any atom is -0.493 e. The fraction of sp³-hybridized carbons (Fsp3) is 0.409. The SMILES string of the molecule is CC(C)(C)[Si](OC[C@H]1O[C@@H](O[C@H]2[C@H](O)C=CO[C@@H]2CO[Si](c2ccccc2)(c2ccccc2)C(C)(C)C)[C@H](O)[C@@H](O)[C@H]1O)(c1ccccc1)c1ccccc1. The third-order valence-corrected chi connectivity index (χ3v) is 21.0. The van der Waals surface area contributed by atoms with Crippen LogP contribution in [0.1, 0.15) is 41.5 Å². The van der Waals surface area contributed by atoms with Crippen molar-refractivity contribution >= 4 is 37.4 Å². The van der Waals surface area contributed by atoms with Crippen LogP contribution in [-0.4, -0.2) is 99.3 Å². The summed E-state index contributed by atoms with van der Waals surface area (Å²) in [5, 5.41) is 48.6. The van der Waals surface area contributed by atoms with Gasteiger partial charge in [0.15, 0.2) is 6.29 Å². The lowest BCUT2D eigenvalue weighted by atomic mass is 9.99. The second-order valence-corrected chi connectivity index (χ2v) is 25.2. The van der Waals surface area contributed by atoms with Gasteiger partial charge in [0.05, 0.1) is 19.5 Å². The van der Waals surface area contributed by atoms with Crippen LogP contribution in [0.5, 0.6) is 0 Å². The largest absolute Gasteiger partial charge is 0.493 e. The van der Waals surface area contributed by atoms with E-state index < -0.39 is 65.7 Å². The average Bonchev–Trinajstić information content (AvgIpc) is 3.17. The lowest BCUT2D eigenvalue weighted by Gasteiger charge is -2.47. The lowest BCUT2D eigenvalue weighted by molar-refractivity contribution is -0.323. The van der Waals surface area contributed by atoms with E-state index in [1.54, 1.807) is 0 Å². The molecule has 9 nitrogen and oxygen atoms in total. The summed E-state index contributed by atoms with van der Waals surface area (Å²) in [6, 6.07) is 40.6. The Hall–Kier alpha value is -3.47. The second kappa shape index (κ2) is 16.9. The normalized spacial score (nSPS) is 26.4. The van der Waals surface area contributed by atoms with E-state index in [4.69, 9.17) is 23.1 Å². The summed E-state index contributed by atoms with van der Waals surface area (Å²) in [7, 11) is -6.04. The molecule has 0 radical (unpaired) electrons. The van der Waals surface area contributed by atoms with Crippen molar-refractivity contribution in [3.8, 4) is 0 Å². The number of hydrogen-bond acceptors (Lipinski definition) is 9. The van der Waals surface area contributed by atoms with Crippen molar-refractivity contribution in [1.82, 2.24) is 0 Å². The fourth-order valence-electron chi connectivity index (χ4n) is 8.19. The summed E-state index contributed by atoms with van der Waals surface area (Å²) in [4.78, 5) is 0. The first-order valence-corrected chi connectivity index (χ1v) is 22.9. The fourth-order valence-corrected chi connectivity index (χ4v) is 17.3. The van der Waals surface area contributed by atoms with E-state index in [0.29, 0.717) is 0 Å². The third kappa shape index (κ3) is 8.19. The molecule has 0 unspecified atom stereocenters. The molecule has 11 heteroatoms. The highest BCUT2D eigenvalue weighted by Gasteiger charge is 2.54. The molecule has 0 spiro atoms. The molecule has 4 aromatic rings. The number of benzene rings is 4. The Labute approximate surface area is 327 Å². The maximum atomic E-state index is 11.3. The number of ether oxygens (including phenoxy) is 3. The van der Waals surface area contributed by atoms with E-state index in [9.17, 15) is 20.4 Å². The Kier molecular flexibility index (Phi) is 12.7. The maximum absolute atomic E-state index is 11.3. The molecule has 4 N–H and O–H groups in total. The smallest absolute Gasteiger partial charge is 0.261 e. The molecule has 2 aliphatic heterocycles. The molecule has 55 heavy (non-hydrogen) atoms. The van der Waals surface area contributed by atoms with Crippen molar-refractivity contribution in [2.75, 3.05) is 13.2 Å². The van der Waals surface area contributed by atoms with Crippen molar-refractivity contribution in [3.63, 3.8) is 0 Å². The Morgan fingerprint density at radius 1 is 0.527 bits per heavy atom. The molecule has 0 aromatic heterocycles. The van der Waals surface area contributed by atoms with Crippen LogP contribution in [0.2, 0.25) is 10.1 Å². The number of hydrogen-bond donors (Lipinski definition) is 4. The number of aliphatic hydroxyl groups is 4. The van der Waals surface area contributed by atoms with Gasteiger partial charge in [0, 0.05) is 0 Å². The van der Waals surface area contributed by atoms with Gasteiger partial charge in [-0.1, -0.05) is 163 Å². The topological polar surface area (TPSA) is 127 Å². The van der Waals surface area contributed by atoms with Crippen LogP contribution in [0.3, 0.4) is 0 Å². The minimum atomic E-state index is -3.05. The van der Waals surface area contributed by atoms with Crippen LogP contribution in [-0.2, 0) is 23.1 Å². The van der Waals surface area contributed by atoms with E-state index in [1.165, 1.54) is 12.3 Å². The van der Waals surface area contributed by atoms with Gasteiger partial charge < -0.3 is 43.5 Å². The monoisotopic (exact) mass is 784 g/mol. The van der Waals surface area contributed by atoms with Crippen molar-refractivity contribution < 1.29 is 43.5 Å². The van der Waals surface area contributed by atoms with Gasteiger partial charge in [-0.05, 0) is 36.9 Å². The predicted molar refractivity (Wildman–Crippen MR) is 219 cm³/mol. The van der Waals surface area contributed by atoms with Gasteiger partial charge in [-0.2, -0.15) is 0 Å². The van der Waals surface area contributed by atoms with Crippen LogP contribution in [0.4, 0.5) is 0 Å². The van der Waals surface area contributed by atoms with Crippen molar-refractivity contribution in [2.24, 2.45) is 0 Å². The summed E-state index contributed by atoms with van der Waals surface area (Å²) in [6.07, 6.45) is -7.34. The summed E-state index contributed by atoms with van der Waals surface area (Å²) < 4.78 is 32.9. The zero-order valence-electron chi connectivity index (χ0n) is 32.6. The summed E-state index contributed by atoms with van der Waals surface area (Å²) in [5.41, 5.74) is 0. The first-order valence-electron chi connectivity index (χ1n) is 19.1. The van der Waals surface area contributed by atoms with Gasteiger partial charge in [0.1, 0.15) is 42.7 Å². The Morgan fingerprint density at radius 3 is 1.29 bits per heavy atom. The Morgan fingerprint density at radius 2 is 0.909 bits per heavy atom. The minimum absolute atomic E-state index is 0.0493. The quantitative estimate of drug-likeness (QED) is 0.160. The molecular formula is C44H56O9Si2. The maximum Gasteiger partial charge on any atom is 0.261 e. The second-order valence-electron chi connectivity index (χ2n) is 16.6. The highest BCUT2D eigenvalue weighted by atomic mass is 28.4. The van der Waals surface area contributed by atoms with E-state index >= 15 is 0 Å². The average molecular weight is 785 g/mol. The zero-order chi connectivity index (χ0) is 39.4. The Balaban J connectivity index is 1.27. The first kappa shape index (κ1) is 41.2. The number of aliphatic hydroxyl groups excluding tert-OH is 4. The van der Waals surface area contributed by atoms with Gasteiger partial charge in [-0.15, -0.1) is 0 Å². The van der Waals surface area contributed by atoms with Gasteiger partial charge in [0.2, 0.25) is 0 Å². The van der Waals surface area contributed by atoms with Gasteiger partial charge in [-0.3, -0.25) is 0 Å². The first-order chi connectivity index (χ1) is 26.2. The highest BCUT2D eigenvalue weighted by Crippen LogP contribution is 2.39. The van der Waals surface area contributed by atoms with Gasteiger partial charge >= 0.3 is 0 Å². The summed E-state index contributed by atoms with van der Waals surface area (Å²) >= 11 is 0. The molecule has 1 fully saturated rings. The van der Waals surface area contributed by atoms with Gasteiger partial charge in [-0.25, -0.2) is 0 Å². The zero-order valence-corrected chi connectivity index (χ0v) is 34.6. The third-order valence-electron chi connectivity index (χ3n) is 11.0. The molecular weight excluding hydrogens is 729 g/mol. The summed E-state index contributed by atoms with van der Waals surface area (Å²) in [5.74, 6) is 0. The summed E-state index contributed by atoms with van der Waals surface area (Å²) in [6.45, 7) is 12.9. The van der Waals surface area contributed by atoms with Crippen molar-refractivity contribution in [2.45, 2.75) is 101 Å². The van der Waals surface area contributed by atoms with Crippen LogP contribution in [0.25, 0.3) is 0 Å². The van der Waals surface area contributed by atoms with Crippen LogP contribution in [0, 0.1) is 0 Å². The van der Waals surface area contributed by atoms with E-state index in [2.05, 4.69) is 90.1 Å². The molecule has 2 heterocycles. The van der Waals surface area contributed by atoms with E-state index in [-0.39, 0.29) is 23.3 Å². The lowest BCUT2D eigenvalue weighted by Crippen LogP contribution is -2.68. The molecule has 0 saturated carbocycles. The number of rotatable bonds is 12. The van der Waals surface area contributed by atoms with Gasteiger partial charge in [0.25, 0.3) is 16.6 Å². The highest BCUT2D eigenvalue weighted by molar-refractivity contribution is 7.00. The molecule has 0 bridgehead atoms. The standard InChI is InChI=1S/C44H56O9Si2/c1-43(2,3)54(31-19-11-7-12-20-31,32-21-13-8-14-22-32)50-29-36-38(46)39(47)40(48)42(52-36)53-41-35(45)27-28-49-37(41)30-51-55(44(4,5)6,33-23-15-9-16-24-33)34-25-17-10-18-26-34/h7-28,35-42,45-48H,29-30H2,1-6H3/t35-,36-,37-,38+,39+,40-,41+,42+/m1/s1. The predicted octanol–water partition coefficient (Wildman–Crippen LogP) is 3.61. The molecule has 1 saturated heterocycles.